The predicted molar refractivity (Wildman–Crippen MR) is 104 cm³/mol. The number of rotatable bonds is 4. The summed E-state index contributed by atoms with van der Waals surface area (Å²) in [5.41, 5.74) is 9.47. The Labute approximate surface area is 161 Å². The summed E-state index contributed by atoms with van der Waals surface area (Å²) < 4.78 is 8.72. The van der Waals surface area contributed by atoms with E-state index in [9.17, 15) is 0 Å². The average Bonchev–Trinajstić information content (AvgIpc) is 3.24. The number of nitrogens with zero attached hydrogens (tertiary/aromatic N) is 7. The van der Waals surface area contributed by atoms with Crippen molar-refractivity contribution in [3.63, 3.8) is 0 Å². The third kappa shape index (κ3) is 2.63. The lowest BCUT2D eigenvalue weighted by atomic mass is 10.2. The second-order valence-corrected chi connectivity index (χ2v) is 6.22. The van der Waals surface area contributed by atoms with Gasteiger partial charge in [0, 0.05) is 0 Å². The standard InChI is InChI=1S/C19H18N8O/c1-4-28-15-7-5-14(6-8-15)26-12(3)16-11(2)23-24-19(17(16)25-26)27-18(21)13(9-20)10-22-27/h5-8,10H,4,21H2,1-3H3. The fraction of sp³-hybridized carbons (Fsp3) is 0.211. The van der Waals surface area contributed by atoms with Gasteiger partial charge in [0.15, 0.2) is 0 Å². The fourth-order valence-electron chi connectivity index (χ4n) is 3.17. The molecule has 4 rings (SSSR count). The van der Waals surface area contributed by atoms with Crippen LogP contribution in [0.2, 0.25) is 0 Å². The van der Waals surface area contributed by atoms with Crippen molar-refractivity contribution < 1.29 is 4.74 Å². The van der Waals surface area contributed by atoms with E-state index in [2.05, 4.69) is 15.3 Å². The van der Waals surface area contributed by atoms with Crippen LogP contribution in [0.15, 0.2) is 30.5 Å². The SMILES string of the molecule is CCOc1ccc(-n2nc3c(-n4ncc(C#N)c4N)nnc(C)c3c2C)cc1. The number of ether oxygens (including phenoxy) is 1. The quantitative estimate of drug-likeness (QED) is 0.582. The van der Waals surface area contributed by atoms with Crippen LogP contribution in [0.25, 0.3) is 22.4 Å². The Hall–Kier alpha value is -3.93. The van der Waals surface area contributed by atoms with Crippen LogP contribution in [-0.4, -0.2) is 36.4 Å². The molecule has 0 aliphatic rings. The number of nitrogen functional groups attached to an aromatic ring is 1. The summed E-state index contributed by atoms with van der Waals surface area (Å²) in [6.07, 6.45) is 1.40. The van der Waals surface area contributed by atoms with Gasteiger partial charge in [0.1, 0.15) is 28.7 Å². The molecule has 0 bridgehead atoms. The van der Waals surface area contributed by atoms with Crippen LogP contribution in [0.3, 0.4) is 0 Å². The number of aryl methyl sites for hydroxylation is 2. The van der Waals surface area contributed by atoms with Crippen molar-refractivity contribution in [3.8, 4) is 23.3 Å². The van der Waals surface area contributed by atoms with Crippen molar-refractivity contribution in [1.29, 1.82) is 5.26 Å². The molecule has 0 saturated carbocycles. The summed E-state index contributed by atoms with van der Waals surface area (Å²) in [5.74, 6) is 1.39. The minimum absolute atomic E-state index is 0.204. The highest BCUT2D eigenvalue weighted by atomic mass is 16.5. The van der Waals surface area contributed by atoms with Crippen molar-refractivity contribution >= 4 is 16.7 Å². The summed E-state index contributed by atoms with van der Waals surface area (Å²) >= 11 is 0. The molecule has 28 heavy (non-hydrogen) atoms. The summed E-state index contributed by atoms with van der Waals surface area (Å²) in [6.45, 7) is 6.40. The van der Waals surface area contributed by atoms with Crippen LogP contribution < -0.4 is 10.5 Å². The Morgan fingerprint density at radius 2 is 1.89 bits per heavy atom. The van der Waals surface area contributed by atoms with Gasteiger partial charge in [-0.25, -0.2) is 4.68 Å². The molecule has 0 spiro atoms. The number of hydrogen-bond acceptors (Lipinski definition) is 7. The minimum atomic E-state index is 0.204. The normalized spacial score (nSPS) is 10.9. The van der Waals surface area contributed by atoms with Gasteiger partial charge in [0.2, 0.25) is 5.82 Å². The molecule has 0 atom stereocenters. The zero-order chi connectivity index (χ0) is 19.8. The first-order chi connectivity index (χ1) is 13.5. The maximum atomic E-state index is 9.14. The molecular formula is C19H18N8O. The zero-order valence-corrected chi connectivity index (χ0v) is 15.7. The molecule has 0 saturated heterocycles. The highest BCUT2D eigenvalue weighted by molar-refractivity contribution is 5.89. The van der Waals surface area contributed by atoms with Gasteiger partial charge in [-0.1, -0.05) is 0 Å². The molecular weight excluding hydrogens is 356 g/mol. The first-order valence-electron chi connectivity index (χ1n) is 8.75. The van der Waals surface area contributed by atoms with Crippen LogP contribution >= 0.6 is 0 Å². The molecule has 3 heterocycles. The van der Waals surface area contributed by atoms with Crippen LogP contribution in [0.4, 0.5) is 5.82 Å². The fourth-order valence-corrected chi connectivity index (χ4v) is 3.17. The first-order valence-corrected chi connectivity index (χ1v) is 8.75. The number of fused-ring (bicyclic) bond motifs is 1. The number of benzene rings is 1. The van der Waals surface area contributed by atoms with E-state index in [4.69, 9.17) is 20.8 Å². The maximum Gasteiger partial charge on any atom is 0.206 e. The van der Waals surface area contributed by atoms with Crippen LogP contribution in [0.5, 0.6) is 5.75 Å². The average molecular weight is 374 g/mol. The summed E-state index contributed by atoms with van der Waals surface area (Å²) in [6, 6.07) is 9.69. The van der Waals surface area contributed by atoms with Gasteiger partial charge in [0.05, 0.1) is 35.3 Å². The third-order valence-electron chi connectivity index (χ3n) is 4.50. The van der Waals surface area contributed by atoms with Gasteiger partial charge in [-0.05, 0) is 45.0 Å². The minimum Gasteiger partial charge on any atom is -0.494 e. The molecule has 9 heteroatoms. The third-order valence-corrected chi connectivity index (χ3v) is 4.50. The topological polar surface area (TPSA) is 120 Å². The van der Waals surface area contributed by atoms with Crippen molar-refractivity contribution in [1.82, 2.24) is 29.8 Å². The molecule has 0 amide bonds. The van der Waals surface area contributed by atoms with Gasteiger partial charge < -0.3 is 10.5 Å². The lowest BCUT2D eigenvalue weighted by Gasteiger charge is -2.06. The van der Waals surface area contributed by atoms with Gasteiger partial charge >= 0.3 is 0 Å². The smallest absolute Gasteiger partial charge is 0.206 e. The second kappa shape index (κ2) is 6.66. The van der Waals surface area contributed by atoms with Crippen molar-refractivity contribution in [2.75, 3.05) is 12.3 Å². The molecule has 140 valence electrons. The predicted octanol–water partition coefficient (Wildman–Crippen LogP) is 2.47. The van der Waals surface area contributed by atoms with E-state index in [1.807, 2.05) is 55.8 Å². The molecule has 2 N–H and O–H groups in total. The lowest BCUT2D eigenvalue weighted by molar-refractivity contribution is 0.340. The molecule has 0 fully saturated rings. The molecule has 0 aliphatic carbocycles. The monoisotopic (exact) mass is 374 g/mol. The molecule has 0 aliphatic heterocycles. The Kier molecular flexibility index (Phi) is 4.16. The van der Waals surface area contributed by atoms with Crippen LogP contribution in [0, 0.1) is 25.2 Å². The Morgan fingerprint density at radius 3 is 2.54 bits per heavy atom. The number of hydrogen-bond donors (Lipinski definition) is 1. The Balaban J connectivity index is 1.91. The number of nitrogens with two attached hydrogens (primary N) is 1. The lowest BCUT2D eigenvalue weighted by Crippen LogP contribution is -2.07. The van der Waals surface area contributed by atoms with Gasteiger partial charge in [-0.15, -0.1) is 5.10 Å². The largest absolute Gasteiger partial charge is 0.494 e. The molecule has 0 unspecified atom stereocenters. The molecule has 9 nitrogen and oxygen atoms in total. The highest BCUT2D eigenvalue weighted by Crippen LogP contribution is 2.28. The zero-order valence-electron chi connectivity index (χ0n) is 15.7. The maximum absolute atomic E-state index is 9.14. The number of nitriles is 1. The van der Waals surface area contributed by atoms with Gasteiger partial charge in [-0.3, -0.25) is 0 Å². The van der Waals surface area contributed by atoms with Crippen molar-refractivity contribution in [2.24, 2.45) is 0 Å². The van der Waals surface area contributed by atoms with Gasteiger partial charge in [0.25, 0.3) is 0 Å². The number of aromatic nitrogens is 6. The van der Waals surface area contributed by atoms with Crippen LogP contribution in [-0.2, 0) is 0 Å². The molecule has 4 aromatic rings. The molecule has 1 aromatic carbocycles. The summed E-state index contributed by atoms with van der Waals surface area (Å²) in [7, 11) is 0. The van der Waals surface area contributed by atoms with E-state index in [0.29, 0.717) is 17.9 Å². The highest BCUT2D eigenvalue weighted by Gasteiger charge is 2.20. The number of anilines is 1. The van der Waals surface area contributed by atoms with Crippen molar-refractivity contribution in [3.05, 3.63) is 47.4 Å². The van der Waals surface area contributed by atoms with E-state index >= 15 is 0 Å². The van der Waals surface area contributed by atoms with E-state index in [-0.39, 0.29) is 11.4 Å². The van der Waals surface area contributed by atoms with E-state index in [1.54, 1.807) is 0 Å². The van der Waals surface area contributed by atoms with E-state index in [0.717, 1.165) is 28.2 Å². The Morgan fingerprint density at radius 1 is 1.14 bits per heavy atom. The summed E-state index contributed by atoms with van der Waals surface area (Å²) in [5, 5.41) is 27.4. The van der Waals surface area contributed by atoms with E-state index in [1.165, 1.54) is 10.9 Å². The molecule has 0 radical (unpaired) electrons. The molecule has 3 aromatic heterocycles. The van der Waals surface area contributed by atoms with Gasteiger partial charge in [-0.2, -0.15) is 25.2 Å². The second-order valence-electron chi connectivity index (χ2n) is 6.22. The summed E-state index contributed by atoms with van der Waals surface area (Å²) in [4.78, 5) is 0. The van der Waals surface area contributed by atoms with E-state index < -0.39 is 0 Å². The first kappa shape index (κ1) is 17.5. The van der Waals surface area contributed by atoms with Crippen LogP contribution in [0.1, 0.15) is 23.9 Å². The van der Waals surface area contributed by atoms with Crippen molar-refractivity contribution in [2.45, 2.75) is 20.8 Å². The Bertz CT molecular complexity index is 1210.